The third-order valence-electron chi connectivity index (χ3n) is 4.91. The van der Waals surface area contributed by atoms with Crippen LogP contribution < -0.4 is 0 Å². The molecule has 2 aromatic heterocycles. The molecule has 7 nitrogen and oxygen atoms in total. The van der Waals surface area contributed by atoms with Crippen molar-refractivity contribution in [3.8, 4) is 10.6 Å². The molecule has 0 atom stereocenters. The fourth-order valence-corrected chi connectivity index (χ4v) is 5.75. The van der Waals surface area contributed by atoms with Crippen LogP contribution in [-0.4, -0.2) is 59.7 Å². The van der Waals surface area contributed by atoms with Gasteiger partial charge in [0.05, 0.1) is 22.0 Å². The van der Waals surface area contributed by atoms with Crippen LogP contribution >= 0.6 is 22.9 Å². The second-order valence-electron chi connectivity index (χ2n) is 6.92. The number of nitrogens with zero attached hydrogens (tertiary/aromatic N) is 4. The molecule has 31 heavy (non-hydrogen) atoms. The molecule has 0 spiro atoms. The highest BCUT2D eigenvalue weighted by Crippen LogP contribution is 2.25. The van der Waals surface area contributed by atoms with Gasteiger partial charge in [-0.15, -0.1) is 11.3 Å². The van der Waals surface area contributed by atoms with Crippen LogP contribution in [0, 0.1) is 5.82 Å². The molecular weight excluding hydrogens is 463 g/mol. The summed E-state index contributed by atoms with van der Waals surface area (Å²) in [5, 5.41) is 2.40. The molecule has 3 aromatic rings. The van der Waals surface area contributed by atoms with Crippen LogP contribution in [0.2, 0.25) is 5.02 Å². The first-order valence-electron chi connectivity index (χ1n) is 9.42. The minimum atomic E-state index is -3.81. The van der Waals surface area contributed by atoms with E-state index in [9.17, 15) is 17.6 Å². The summed E-state index contributed by atoms with van der Waals surface area (Å²) in [6.45, 7) is 0.849. The highest BCUT2D eigenvalue weighted by atomic mass is 35.5. The number of amides is 1. The van der Waals surface area contributed by atoms with Crippen molar-refractivity contribution in [3.63, 3.8) is 0 Å². The molecule has 0 unspecified atom stereocenters. The van der Waals surface area contributed by atoms with Gasteiger partial charge in [0.1, 0.15) is 10.8 Å². The maximum atomic E-state index is 13.4. The standard InChI is InChI=1S/C20H18ClFN4O3S2/c21-17-11-16(3-4-18(17)22)31(28,29)26-8-6-25(7-9-26)19(27)10-15-13-30-20(24-15)14-2-1-5-23-12-14/h1-5,11-13H,6-10H2. The van der Waals surface area contributed by atoms with Gasteiger partial charge < -0.3 is 4.90 Å². The van der Waals surface area contributed by atoms with Crippen LogP contribution in [0.3, 0.4) is 0 Å². The van der Waals surface area contributed by atoms with Gasteiger partial charge in [-0.2, -0.15) is 4.31 Å². The van der Waals surface area contributed by atoms with Gasteiger partial charge in [0, 0.05) is 49.5 Å². The average molecular weight is 481 g/mol. The van der Waals surface area contributed by atoms with Gasteiger partial charge in [0.15, 0.2) is 0 Å². The van der Waals surface area contributed by atoms with E-state index in [1.165, 1.54) is 21.7 Å². The van der Waals surface area contributed by atoms with E-state index in [1.54, 1.807) is 17.3 Å². The molecule has 1 aliphatic heterocycles. The van der Waals surface area contributed by atoms with Crippen LogP contribution in [0.15, 0.2) is 53.0 Å². The summed E-state index contributed by atoms with van der Waals surface area (Å²) in [6, 6.07) is 7.06. The Hall–Kier alpha value is -2.40. The number of carbonyl (C=O) groups excluding carboxylic acids is 1. The Labute approximate surface area is 188 Å². The van der Waals surface area contributed by atoms with E-state index in [0.29, 0.717) is 5.69 Å². The Bertz CT molecular complexity index is 1200. The number of thiazole rings is 1. The summed E-state index contributed by atoms with van der Waals surface area (Å²) in [6.07, 6.45) is 3.56. The third-order valence-corrected chi connectivity index (χ3v) is 8.04. The zero-order valence-corrected chi connectivity index (χ0v) is 18.6. The largest absolute Gasteiger partial charge is 0.340 e. The van der Waals surface area contributed by atoms with Gasteiger partial charge in [0.25, 0.3) is 0 Å². The number of aromatic nitrogens is 2. The van der Waals surface area contributed by atoms with Crippen molar-refractivity contribution in [3.05, 3.63) is 64.6 Å². The van der Waals surface area contributed by atoms with Gasteiger partial charge in [0.2, 0.25) is 15.9 Å². The second kappa shape index (κ2) is 8.99. The van der Waals surface area contributed by atoms with Gasteiger partial charge in [-0.25, -0.2) is 17.8 Å². The van der Waals surface area contributed by atoms with Crippen molar-refractivity contribution >= 4 is 38.9 Å². The molecule has 1 aliphatic rings. The third kappa shape index (κ3) is 4.77. The van der Waals surface area contributed by atoms with E-state index in [4.69, 9.17) is 11.6 Å². The molecule has 1 amide bonds. The maximum Gasteiger partial charge on any atom is 0.243 e. The van der Waals surface area contributed by atoms with Crippen molar-refractivity contribution in [2.24, 2.45) is 0 Å². The molecule has 11 heteroatoms. The van der Waals surface area contributed by atoms with E-state index in [2.05, 4.69) is 9.97 Å². The monoisotopic (exact) mass is 480 g/mol. The Morgan fingerprint density at radius 2 is 1.97 bits per heavy atom. The molecule has 3 heterocycles. The smallest absolute Gasteiger partial charge is 0.243 e. The summed E-state index contributed by atoms with van der Waals surface area (Å²) in [7, 11) is -3.81. The van der Waals surface area contributed by atoms with Crippen LogP contribution in [-0.2, 0) is 21.2 Å². The first-order valence-corrected chi connectivity index (χ1v) is 12.1. The summed E-state index contributed by atoms with van der Waals surface area (Å²) < 4.78 is 40.2. The number of sulfonamides is 1. The summed E-state index contributed by atoms with van der Waals surface area (Å²) in [5.41, 5.74) is 1.57. The minimum Gasteiger partial charge on any atom is -0.340 e. The number of halogens is 2. The van der Waals surface area contributed by atoms with Gasteiger partial charge >= 0.3 is 0 Å². The van der Waals surface area contributed by atoms with E-state index >= 15 is 0 Å². The molecule has 0 N–H and O–H groups in total. The van der Waals surface area contributed by atoms with Crippen LogP contribution in [0.5, 0.6) is 0 Å². The van der Waals surface area contributed by atoms with Gasteiger partial charge in [-0.3, -0.25) is 9.78 Å². The predicted octanol–water partition coefficient (Wildman–Crippen LogP) is 3.07. The number of piperazine rings is 1. The Morgan fingerprint density at radius 1 is 1.19 bits per heavy atom. The van der Waals surface area contributed by atoms with Crippen LogP contribution in [0.1, 0.15) is 5.69 Å². The molecule has 0 radical (unpaired) electrons. The van der Waals surface area contributed by atoms with Gasteiger partial charge in [-0.1, -0.05) is 11.6 Å². The number of benzene rings is 1. The predicted molar refractivity (Wildman–Crippen MR) is 116 cm³/mol. The van der Waals surface area contributed by atoms with Crippen molar-refractivity contribution in [1.29, 1.82) is 0 Å². The summed E-state index contributed by atoms with van der Waals surface area (Å²) >= 11 is 7.17. The number of carbonyl (C=O) groups is 1. The molecule has 0 aliphatic carbocycles. The zero-order valence-electron chi connectivity index (χ0n) is 16.2. The first kappa shape index (κ1) is 21.8. The molecule has 4 rings (SSSR count). The average Bonchev–Trinajstić information content (AvgIpc) is 3.24. The second-order valence-corrected chi connectivity index (χ2v) is 10.1. The molecule has 1 saturated heterocycles. The number of rotatable bonds is 5. The summed E-state index contributed by atoms with van der Waals surface area (Å²) in [5.74, 6) is -0.783. The van der Waals surface area contributed by atoms with E-state index in [1.807, 2.05) is 17.5 Å². The number of hydrogen-bond donors (Lipinski definition) is 0. The van der Waals surface area contributed by atoms with Crippen molar-refractivity contribution < 1.29 is 17.6 Å². The molecular formula is C20H18ClFN4O3S2. The molecule has 0 saturated carbocycles. The normalized spacial score (nSPS) is 15.2. The number of pyridine rings is 1. The lowest BCUT2D eigenvalue weighted by Gasteiger charge is -2.34. The van der Waals surface area contributed by atoms with Crippen molar-refractivity contribution in [2.75, 3.05) is 26.2 Å². The molecule has 0 bridgehead atoms. The lowest BCUT2D eigenvalue weighted by atomic mass is 10.2. The topological polar surface area (TPSA) is 83.5 Å². The zero-order chi connectivity index (χ0) is 22.0. The Balaban J connectivity index is 1.37. The molecule has 162 valence electrons. The Morgan fingerprint density at radius 3 is 2.65 bits per heavy atom. The first-order chi connectivity index (χ1) is 14.8. The maximum absolute atomic E-state index is 13.4. The van der Waals surface area contributed by atoms with Crippen LogP contribution in [0.25, 0.3) is 10.6 Å². The van der Waals surface area contributed by atoms with E-state index in [-0.39, 0.29) is 48.4 Å². The minimum absolute atomic E-state index is 0.0657. The quantitative estimate of drug-likeness (QED) is 0.560. The molecule has 1 fully saturated rings. The lowest BCUT2D eigenvalue weighted by molar-refractivity contribution is -0.131. The highest BCUT2D eigenvalue weighted by Gasteiger charge is 2.30. The van der Waals surface area contributed by atoms with Crippen LogP contribution in [0.4, 0.5) is 4.39 Å². The fourth-order valence-electron chi connectivity index (χ4n) is 3.24. The SMILES string of the molecule is O=C(Cc1csc(-c2cccnc2)n1)N1CCN(S(=O)(=O)c2ccc(F)c(Cl)c2)CC1. The molecule has 1 aromatic carbocycles. The Kier molecular flexibility index (Phi) is 6.33. The van der Waals surface area contributed by atoms with Gasteiger partial charge in [-0.05, 0) is 30.3 Å². The number of hydrogen-bond acceptors (Lipinski definition) is 6. The summed E-state index contributed by atoms with van der Waals surface area (Å²) in [4.78, 5) is 22.8. The lowest BCUT2D eigenvalue weighted by Crippen LogP contribution is -2.50. The van der Waals surface area contributed by atoms with E-state index in [0.717, 1.165) is 22.7 Å². The highest BCUT2D eigenvalue weighted by molar-refractivity contribution is 7.89. The van der Waals surface area contributed by atoms with Crippen molar-refractivity contribution in [2.45, 2.75) is 11.3 Å². The van der Waals surface area contributed by atoms with Crippen molar-refractivity contribution in [1.82, 2.24) is 19.2 Å². The fraction of sp³-hybridized carbons (Fsp3) is 0.250. The van der Waals surface area contributed by atoms with E-state index < -0.39 is 15.8 Å².